The smallest absolute Gasteiger partial charge is 0.185 e. The molecule has 168 valence electrons. The molecule has 31 heavy (non-hydrogen) atoms. The summed E-state index contributed by atoms with van der Waals surface area (Å²) in [6, 6.07) is 11.0. The molecular formula is C25H32O4S2. The summed E-state index contributed by atoms with van der Waals surface area (Å²) in [5.41, 5.74) is 4.06. The Labute approximate surface area is 193 Å². The van der Waals surface area contributed by atoms with Crippen molar-refractivity contribution in [3.63, 3.8) is 0 Å². The molecular weight excluding hydrogens is 428 g/mol. The van der Waals surface area contributed by atoms with Crippen molar-refractivity contribution in [2.45, 2.75) is 58.8 Å². The standard InChI is InChI=1S/C25H32O4S2/c1-17(26)30-13-5-7-19-15-21(28)9-11-23(19)25(3,4)24-12-10-22(29)16-20(24)8-6-14-31-18(2)27/h9-12,15-16,28-29H,5-8,13-14H2,1-4H3. The van der Waals surface area contributed by atoms with E-state index in [-0.39, 0.29) is 27.1 Å². The van der Waals surface area contributed by atoms with Gasteiger partial charge in [-0.3, -0.25) is 9.59 Å². The number of carbonyl (C=O) groups is 2. The van der Waals surface area contributed by atoms with E-state index < -0.39 is 0 Å². The molecule has 0 saturated carbocycles. The van der Waals surface area contributed by atoms with Gasteiger partial charge in [-0.25, -0.2) is 0 Å². The van der Waals surface area contributed by atoms with Crippen molar-refractivity contribution < 1.29 is 19.8 Å². The van der Waals surface area contributed by atoms with E-state index >= 15 is 0 Å². The average molecular weight is 461 g/mol. The number of carbonyl (C=O) groups excluding carboxylic acids is 2. The van der Waals surface area contributed by atoms with Crippen LogP contribution in [-0.2, 0) is 27.8 Å². The molecule has 0 bridgehead atoms. The normalized spacial score (nSPS) is 11.5. The first-order chi connectivity index (χ1) is 14.6. The minimum Gasteiger partial charge on any atom is -0.508 e. The van der Waals surface area contributed by atoms with Gasteiger partial charge in [0.2, 0.25) is 0 Å². The van der Waals surface area contributed by atoms with Crippen LogP contribution in [0.15, 0.2) is 36.4 Å². The summed E-state index contributed by atoms with van der Waals surface area (Å²) >= 11 is 2.65. The summed E-state index contributed by atoms with van der Waals surface area (Å²) in [5, 5.41) is 20.4. The van der Waals surface area contributed by atoms with Crippen molar-refractivity contribution in [3.8, 4) is 11.5 Å². The lowest BCUT2D eigenvalue weighted by Gasteiger charge is -2.31. The van der Waals surface area contributed by atoms with E-state index in [1.54, 1.807) is 26.0 Å². The van der Waals surface area contributed by atoms with Gasteiger partial charge in [0.1, 0.15) is 11.5 Å². The molecule has 0 aliphatic carbocycles. The van der Waals surface area contributed by atoms with Crippen molar-refractivity contribution in [2.24, 2.45) is 0 Å². The number of hydrogen-bond donors (Lipinski definition) is 2. The fourth-order valence-electron chi connectivity index (χ4n) is 3.90. The number of aromatic hydroxyl groups is 2. The fourth-order valence-corrected chi connectivity index (χ4v) is 5.05. The van der Waals surface area contributed by atoms with E-state index in [9.17, 15) is 19.8 Å². The van der Waals surface area contributed by atoms with Gasteiger partial charge in [0.15, 0.2) is 10.2 Å². The molecule has 2 N–H and O–H groups in total. The SMILES string of the molecule is CC(=O)SCCCc1cc(O)ccc1C(C)(C)c1ccc(O)cc1CCCSC(C)=O. The Balaban J connectivity index is 2.31. The molecule has 0 amide bonds. The summed E-state index contributed by atoms with van der Waals surface area (Å²) in [6.45, 7) is 7.48. The highest BCUT2D eigenvalue weighted by Crippen LogP contribution is 2.39. The summed E-state index contributed by atoms with van der Waals surface area (Å²) in [7, 11) is 0. The second kappa shape index (κ2) is 11.6. The molecule has 0 spiro atoms. The van der Waals surface area contributed by atoms with Crippen LogP contribution in [0.4, 0.5) is 0 Å². The van der Waals surface area contributed by atoms with Crippen molar-refractivity contribution >= 4 is 33.8 Å². The first kappa shape index (κ1) is 25.3. The van der Waals surface area contributed by atoms with Crippen LogP contribution in [0.25, 0.3) is 0 Å². The topological polar surface area (TPSA) is 74.6 Å². The predicted molar refractivity (Wildman–Crippen MR) is 131 cm³/mol. The third-order valence-electron chi connectivity index (χ3n) is 5.32. The molecule has 4 nitrogen and oxygen atoms in total. The summed E-state index contributed by atoms with van der Waals surface area (Å²) in [4.78, 5) is 22.4. The zero-order valence-corrected chi connectivity index (χ0v) is 20.4. The number of aryl methyl sites for hydroxylation is 2. The third kappa shape index (κ3) is 7.62. The molecule has 2 aromatic carbocycles. The Hall–Kier alpha value is -1.92. The van der Waals surface area contributed by atoms with E-state index in [2.05, 4.69) is 13.8 Å². The zero-order chi connectivity index (χ0) is 23.0. The fraction of sp³-hybridized carbons (Fsp3) is 0.440. The maximum atomic E-state index is 11.2. The highest BCUT2D eigenvalue weighted by Gasteiger charge is 2.28. The van der Waals surface area contributed by atoms with Crippen LogP contribution in [0.3, 0.4) is 0 Å². The molecule has 0 heterocycles. The Morgan fingerprint density at radius 2 is 1.16 bits per heavy atom. The second-order valence-electron chi connectivity index (χ2n) is 8.20. The van der Waals surface area contributed by atoms with E-state index in [1.807, 2.05) is 24.3 Å². The number of rotatable bonds is 10. The lowest BCUT2D eigenvalue weighted by Crippen LogP contribution is -2.23. The highest BCUT2D eigenvalue weighted by molar-refractivity contribution is 8.13. The van der Waals surface area contributed by atoms with Crippen molar-refractivity contribution in [3.05, 3.63) is 58.7 Å². The number of phenols is 2. The Kier molecular flexibility index (Phi) is 9.51. The van der Waals surface area contributed by atoms with Crippen LogP contribution < -0.4 is 0 Å². The van der Waals surface area contributed by atoms with Crippen molar-refractivity contribution in [1.82, 2.24) is 0 Å². The second-order valence-corrected chi connectivity index (χ2v) is 10.7. The Bertz CT molecular complexity index is 848. The molecule has 0 aromatic heterocycles. The third-order valence-corrected chi connectivity index (χ3v) is 7.11. The number of phenolic OH excluding ortho intramolecular Hbond substituents is 2. The van der Waals surface area contributed by atoms with Gasteiger partial charge < -0.3 is 10.2 Å². The van der Waals surface area contributed by atoms with Crippen LogP contribution in [-0.4, -0.2) is 31.9 Å². The first-order valence-electron chi connectivity index (χ1n) is 10.5. The molecule has 2 aromatic rings. The average Bonchev–Trinajstić information content (AvgIpc) is 2.68. The minimum atomic E-state index is -0.340. The lowest BCUT2D eigenvalue weighted by atomic mass is 9.73. The van der Waals surface area contributed by atoms with E-state index in [0.29, 0.717) is 0 Å². The quantitative estimate of drug-likeness (QED) is 0.433. The molecule has 0 saturated heterocycles. The van der Waals surface area contributed by atoms with Gasteiger partial charge in [-0.1, -0.05) is 49.5 Å². The summed E-state index contributed by atoms with van der Waals surface area (Å²) in [5.74, 6) is 1.98. The maximum Gasteiger partial charge on any atom is 0.185 e. The van der Waals surface area contributed by atoms with E-state index in [1.165, 1.54) is 23.5 Å². The molecule has 0 fully saturated rings. The number of hydrogen-bond acceptors (Lipinski definition) is 6. The first-order valence-corrected chi connectivity index (χ1v) is 12.5. The van der Waals surface area contributed by atoms with Gasteiger partial charge in [0.25, 0.3) is 0 Å². The number of thioether (sulfide) groups is 2. The van der Waals surface area contributed by atoms with Gasteiger partial charge in [-0.2, -0.15) is 0 Å². The largest absolute Gasteiger partial charge is 0.508 e. The van der Waals surface area contributed by atoms with Crippen molar-refractivity contribution in [2.75, 3.05) is 11.5 Å². The van der Waals surface area contributed by atoms with Crippen molar-refractivity contribution in [1.29, 1.82) is 0 Å². The van der Waals surface area contributed by atoms with Crippen LogP contribution in [0, 0.1) is 0 Å². The number of benzene rings is 2. The Morgan fingerprint density at radius 1 is 0.774 bits per heavy atom. The monoisotopic (exact) mass is 460 g/mol. The lowest BCUT2D eigenvalue weighted by molar-refractivity contribution is -0.109. The predicted octanol–water partition coefficient (Wildman–Crippen LogP) is 5.85. The summed E-state index contributed by atoms with van der Waals surface area (Å²) < 4.78 is 0. The van der Waals surface area contributed by atoms with Gasteiger partial charge >= 0.3 is 0 Å². The van der Waals surface area contributed by atoms with Gasteiger partial charge in [0.05, 0.1) is 0 Å². The molecule has 0 radical (unpaired) electrons. The molecule has 0 unspecified atom stereocenters. The van der Waals surface area contributed by atoms with Crippen LogP contribution >= 0.6 is 23.5 Å². The molecule has 0 aliphatic rings. The van der Waals surface area contributed by atoms with Gasteiger partial charge in [0, 0.05) is 30.8 Å². The molecule has 0 aliphatic heterocycles. The minimum absolute atomic E-state index is 0.119. The summed E-state index contributed by atoms with van der Waals surface area (Å²) in [6.07, 6.45) is 3.25. The highest BCUT2D eigenvalue weighted by atomic mass is 32.2. The molecule has 0 atom stereocenters. The Morgan fingerprint density at radius 3 is 1.52 bits per heavy atom. The molecule has 2 rings (SSSR count). The van der Waals surface area contributed by atoms with Gasteiger partial charge in [-0.15, -0.1) is 0 Å². The zero-order valence-electron chi connectivity index (χ0n) is 18.7. The van der Waals surface area contributed by atoms with Crippen LogP contribution in [0.2, 0.25) is 0 Å². The van der Waals surface area contributed by atoms with E-state index in [0.717, 1.165) is 59.4 Å². The van der Waals surface area contributed by atoms with Gasteiger partial charge in [-0.05, 0) is 72.2 Å². The van der Waals surface area contributed by atoms with Crippen LogP contribution in [0.1, 0.15) is 62.8 Å². The maximum absolute atomic E-state index is 11.2. The van der Waals surface area contributed by atoms with E-state index in [4.69, 9.17) is 0 Å². The molecule has 6 heteroatoms. The van der Waals surface area contributed by atoms with Crippen LogP contribution in [0.5, 0.6) is 11.5 Å².